The van der Waals surface area contributed by atoms with Gasteiger partial charge in [0.2, 0.25) is 0 Å². The Balaban J connectivity index is 1.51. The second-order valence-electron chi connectivity index (χ2n) is 6.77. The van der Waals surface area contributed by atoms with Crippen LogP contribution in [0, 0.1) is 6.92 Å². The molecule has 4 rings (SSSR count). The zero-order chi connectivity index (χ0) is 20.9. The van der Waals surface area contributed by atoms with E-state index in [0.717, 1.165) is 11.1 Å². The number of nitrogens with zero attached hydrogens (tertiary/aromatic N) is 1. The molecule has 0 unspecified atom stereocenters. The molecule has 0 saturated carbocycles. The van der Waals surface area contributed by atoms with Crippen LogP contribution in [-0.2, 0) is 0 Å². The smallest absolute Gasteiger partial charge is 0.257 e. The van der Waals surface area contributed by atoms with Crippen molar-refractivity contribution in [3.63, 3.8) is 0 Å². The molecule has 0 bridgehead atoms. The molecule has 4 aromatic rings. The van der Waals surface area contributed by atoms with Gasteiger partial charge in [0.15, 0.2) is 12.2 Å². The first-order valence-corrected chi connectivity index (χ1v) is 9.37. The van der Waals surface area contributed by atoms with Gasteiger partial charge in [-0.05, 0) is 48.9 Å². The molecule has 0 aliphatic rings. The normalized spacial score (nSPS) is 10.4. The van der Waals surface area contributed by atoms with Crippen molar-refractivity contribution in [2.24, 2.45) is 0 Å². The molecular weight excluding hydrogens is 378 g/mol. The predicted molar refractivity (Wildman–Crippen MR) is 115 cm³/mol. The van der Waals surface area contributed by atoms with Crippen molar-refractivity contribution < 1.29 is 14.0 Å². The fourth-order valence-electron chi connectivity index (χ4n) is 3.05. The van der Waals surface area contributed by atoms with E-state index < -0.39 is 0 Å². The molecule has 0 radical (unpaired) electrons. The quantitative estimate of drug-likeness (QED) is 0.487. The Kier molecular flexibility index (Phi) is 5.39. The van der Waals surface area contributed by atoms with Crippen LogP contribution in [0.1, 0.15) is 26.3 Å². The summed E-state index contributed by atoms with van der Waals surface area (Å²) < 4.78 is 5.26. The number of aromatic nitrogens is 1. The van der Waals surface area contributed by atoms with Crippen molar-refractivity contribution in [2.45, 2.75) is 6.92 Å². The highest BCUT2D eigenvalue weighted by molar-refractivity contribution is 6.12. The number of hydrogen-bond donors (Lipinski definition) is 2. The van der Waals surface area contributed by atoms with Crippen LogP contribution in [0.2, 0.25) is 0 Å². The number of aryl methyl sites for hydroxylation is 1. The standard InChI is InChI=1S/C24H19N3O3/c1-16-5-4-6-19(13-16)26-24(29)20-7-2-3-8-21(20)27-23(28)18-11-9-17(10-12-18)22-14-25-15-30-22/h2-15H,1H3,(H,26,29)(H,27,28). The van der Waals surface area contributed by atoms with E-state index in [1.54, 1.807) is 54.7 Å². The lowest BCUT2D eigenvalue weighted by atomic mass is 10.1. The number of hydrogen-bond acceptors (Lipinski definition) is 4. The number of carbonyl (C=O) groups is 2. The van der Waals surface area contributed by atoms with Crippen molar-refractivity contribution in [1.82, 2.24) is 4.98 Å². The summed E-state index contributed by atoms with van der Waals surface area (Å²) in [7, 11) is 0. The highest BCUT2D eigenvalue weighted by Crippen LogP contribution is 2.21. The minimum Gasteiger partial charge on any atom is -0.444 e. The Morgan fingerprint density at radius 2 is 1.67 bits per heavy atom. The molecule has 148 valence electrons. The Hall–Kier alpha value is -4.19. The summed E-state index contributed by atoms with van der Waals surface area (Å²) in [6.07, 6.45) is 2.97. The van der Waals surface area contributed by atoms with Gasteiger partial charge in [0.05, 0.1) is 17.4 Å². The third-order valence-corrected chi connectivity index (χ3v) is 4.56. The Morgan fingerprint density at radius 3 is 2.40 bits per heavy atom. The number of benzene rings is 3. The van der Waals surface area contributed by atoms with Crippen molar-refractivity contribution in [3.8, 4) is 11.3 Å². The van der Waals surface area contributed by atoms with Gasteiger partial charge in [-0.15, -0.1) is 0 Å². The van der Waals surface area contributed by atoms with Gasteiger partial charge in [0.1, 0.15) is 0 Å². The zero-order valence-corrected chi connectivity index (χ0v) is 16.3. The van der Waals surface area contributed by atoms with Crippen LogP contribution in [-0.4, -0.2) is 16.8 Å². The Morgan fingerprint density at radius 1 is 0.867 bits per heavy atom. The lowest BCUT2D eigenvalue weighted by Gasteiger charge is -2.12. The lowest BCUT2D eigenvalue weighted by molar-refractivity contribution is 0.102. The molecule has 0 atom stereocenters. The molecule has 0 fully saturated rings. The lowest BCUT2D eigenvalue weighted by Crippen LogP contribution is -2.18. The fraction of sp³-hybridized carbons (Fsp3) is 0.0417. The SMILES string of the molecule is Cc1cccc(NC(=O)c2ccccc2NC(=O)c2ccc(-c3cnco3)cc2)c1. The third-order valence-electron chi connectivity index (χ3n) is 4.56. The molecule has 6 nitrogen and oxygen atoms in total. The minimum atomic E-state index is -0.310. The predicted octanol–water partition coefficient (Wildman–Crippen LogP) is 5.15. The topological polar surface area (TPSA) is 84.2 Å². The van der Waals surface area contributed by atoms with Crippen LogP contribution in [0.25, 0.3) is 11.3 Å². The van der Waals surface area contributed by atoms with E-state index >= 15 is 0 Å². The van der Waals surface area contributed by atoms with Crippen LogP contribution in [0.4, 0.5) is 11.4 Å². The number of nitrogens with one attached hydrogen (secondary N) is 2. The van der Waals surface area contributed by atoms with Gasteiger partial charge in [-0.25, -0.2) is 4.98 Å². The molecule has 1 aromatic heterocycles. The average molecular weight is 397 g/mol. The summed E-state index contributed by atoms with van der Waals surface area (Å²) in [6, 6.07) is 21.4. The van der Waals surface area contributed by atoms with Crippen LogP contribution in [0.15, 0.2) is 89.8 Å². The van der Waals surface area contributed by atoms with E-state index in [1.807, 2.05) is 31.2 Å². The highest BCUT2D eigenvalue weighted by atomic mass is 16.3. The van der Waals surface area contributed by atoms with Crippen LogP contribution in [0.5, 0.6) is 0 Å². The average Bonchev–Trinajstić information content (AvgIpc) is 3.29. The summed E-state index contributed by atoms with van der Waals surface area (Å²) in [6.45, 7) is 1.96. The van der Waals surface area contributed by atoms with Gasteiger partial charge in [0, 0.05) is 16.8 Å². The summed E-state index contributed by atoms with van der Waals surface area (Å²) in [5.41, 5.74) is 3.85. The molecule has 6 heteroatoms. The second kappa shape index (κ2) is 8.45. The van der Waals surface area contributed by atoms with Crippen molar-refractivity contribution in [1.29, 1.82) is 0 Å². The zero-order valence-electron chi connectivity index (χ0n) is 16.3. The molecule has 0 saturated heterocycles. The van der Waals surface area contributed by atoms with Gasteiger partial charge < -0.3 is 15.1 Å². The summed E-state index contributed by atoms with van der Waals surface area (Å²) in [5.74, 6) is 0.0206. The maximum absolute atomic E-state index is 12.8. The Labute approximate surface area is 173 Å². The molecule has 3 aromatic carbocycles. The number of oxazole rings is 1. The number of rotatable bonds is 5. The van der Waals surface area contributed by atoms with Crippen molar-refractivity contribution >= 4 is 23.2 Å². The van der Waals surface area contributed by atoms with Crippen LogP contribution in [0.3, 0.4) is 0 Å². The van der Waals surface area contributed by atoms with Gasteiger partial charge in [-0.2, -0.15) is 0 Å². The molecular formula is C24H19N3O3. The van der Waals surface area contributed by atoms with E-state index in [0.29, 0.717) is 28.3 Å². The van der Waals surface area contributed by atoms with Gasteiger partial charge >= 0.3 is 0 Å². The summed E-state index contributed by atoms with van der Waals surface area (Å²) >= 11 is 0. The first-order chi connectivity index (χ1) is 14.6. The fourth-order valence-corrected chi connectivity index (χ4v) is 3.05. The maximum atomic E-state index is 12.8. The number of anilines is 2. The van der Waals surface area contributed by atoms with Crippen LogP contribution >= 0.6 is 0 Å². The minimum absolute atomic E-state index is 0.294. The molecule has 1 heterocycles. The molecule has 30 heavy (non-hydrogen) atoms. The van der Waals surface area contributed by atoms with Crippen molar-refractivity contribution in [2.75, 3.05) is 10.6 Å². The molecule has 0 aliphatic heterocycles. The van der Waals surface area contributed by atoms with E-state index in [4.69, 9.17) is 4.42 Å². The maximum Gasteiger partial charge on any atom is 0.257 e. The van der Waals surface area contributed by atoms with E-state index in [2.05, 4.69) is 15.6 Å². The second-order valence-corrected chi connectivity index (χ2v) is 6.77. The highest BCUT2D eigenvalue weighted by Gasteiger charge is 2.15. The third kappa shape index (κ3) is 4.28. The monoisotopic (exact) mass is 397 g/mol. The van der Waals surface area contributed by atoms with E-state index in [-0.39, 0.29) is 11.8 Å². The van der Waals surface area contributed by atoms with Gasteiger partial charge in [-0.1, -0.05) is 36.4 Å². The van der Waals surface area contributed by atoms with Crippen LogP contribution < -0.4 is 10.6 Å². The first kappa shape index (κ1) is 19.1. The number of carbonyl (C=O) groups excluding carboxylic acids is 2. The molecule has 2 amide bonds. The van der Waals surface area contributed by atoms with E-state index in [1.165, 1.54) is 6.39 Å². The number of amides is 2. The molecule has 0 aliphatic carbocycles. The van der Waals surface area contributed by atoms with Gasteiger partial charge in [-0.3, -0.25) is 9.59 Å². The molecule has 2 N–H and O–H groups in total. The summed E-state index contributed by atoms with van der Waals surface area (Å²) in [4.78, 5) is 29.4. The van der Waals surface area contributed by atoms with E-state index in [9.17, 15) is 9.59 Å². The number of para-hydroxylation sites is 1. The van der Waals surface area contributed by atoms with Gasteiger partial charge in [0.25, 0.3) is 11.8 Å². The summed E-state index contributed by atoms with van der Waals surface area (Å²) in [5, 5.41) is 5.69. The van der Waals surface area contributed by atoms with Crippen molar-refractivity contribution in [3.05, 3.63) is 102 Å². The Bertz CT molecular complexity index is 1180. The molecule has 0 spiro atoms. The first-order valence-electron chi connectivity index (χ1n) is 9.37. The largest absolute Gasteiger partial charge is 0.444 e.